The van der Waals surface area contributed by atoms with Gasteiger partial charge >= 0.3 is 0 Å². The minimum absolute atomic E-state index is 0.764. The summed E-state index contributed by atoms with van der Waals surface area (Å²) in [5.41, 5.74) is 0. The molecule has 4 heteroatoms. The SMILES string of the molecule is O=Cc1ccc(/C=C/c2ccc(/C=C/c3cccs3)s2)s1. The lowest BCUT2D eigenvalue weighted by Gasteiger charge is -1.85. The van der Waals surface area contributed by atoms with E-state index < -0.39 is 0 Å². The molecular formula is C17H12OS3. The topological polar surface area (TPSA) is 17.1 Å². The van der Waals surface area contributed by atoms with Crippen molar-refractivity contribution in [1.82, 2.24) is 0 Å². The molecule has 3 rings (SSSR count). The van der Waals surface area contributed by atoms with E-state index in [4.69, 9.17) is 0 Å². The zero-order chi connectivity index (χ0) is 14.5. The highest BCUT2D eigenvalue weighted by molar-refractivity contribution is 7.15. The fourth-order valence-corrected chi connectivity index (χ4v) is 3.95. The second kappa shape index (κ2) is 6.80. The minimum Gasteiger partial charge on any atom is -0.297 e. The molecule has 0 atom stereocenters. The molecular weight excluding hydrogens is 316 g/mol. The van der Waals surface area contributed by atoms with Gasteiger partial charge in [0.05, 0.1) is 4.88 Å². The van der Waals surface area contributed by atoms with Crippen molar-refractivity contribution < 1.29 is 4.79 Å². The summed E-state index contributed by atoms with van der Waals surface area (Å²) < 4.78 is 0. The third-order valence-electron chi connectivity index (χ3n) is 2.78. The number of hydrogen-bond acceptors (Lipinski definition) is 4. The van der Waals surface area contributed by atoms with E-state index in [2.05, 4.69) is 53.9 Å². The highest BCUT2D eigenvalue weighted by Gasteiger charge is 1.97. The first kappa shape index (κ1) is 14.2. The van der Waals surface area contributed by atoms with E-state index in [0.29, 0.717) is 0 Å². The van der Waals surface area contributed by atoms with E-state index >= 15 is 0 Å². The van der Waals surface area contributed by atoms with Crippen LogP contribution in [0.15, 0.2) is 41.8 Å². The van der Waals surface area contributed by atoms with Crippen molar-refractivity contribution >= 4 is 64.6 Å². The summed E-state index contributed by atoms with van der Waals surface area (Å²) in [7, 11) is 0. The predicted octanol–water partition coefficient (Wildman–Crippen LogP) is 6.02. The lowest BCUT2D eigenvalue weighted by atomic mass is 10.3. The fourth-order valence-electron chi connectivity index (χ4n) is 1.78. The molecule has 0 aromatic carbocycles. The molecule has 0 radical (unpaired) electrons. The maximum atomic E-state index is 10.6. The molecule has 104 valence electrons. The smallest absolute Gasteiger partial charge is 0.160 e. The van der Waals surface area contributed by atoms with Crippen LogP contribution in [-0.2, 0) is 0 Å². The third kappa shape index (κ3) is 3.88. The second-order valence-electron chi connectivity index (χ2n) is 4.28. The molecule has 1 nitrogen and oxygen atoms in total. The number of thiophene rings is 3. The molecule has 0 aliphatic heterocycles. The first-order valence-corrected chi connectivity index (χ1v) is 8.89. The van der Waals surface area contributed by atoms with Crippen molar-refractivity contribution in [2.45, 2.75) is 0 Å². The molecule has 3 aromatic rings. The quantitative estimate of drug-likeness (QED) is 0.523. The van der Waals surface area contributed by atoms with Crippen molar-refractivity contribution in [3.63, 3.8) is 0 Å². The van der Waals surface area contributed by atoms with Crippen molar-refractivity contribution in [1.29, 1.82) is 0 Å². The van der Waals surface area contributed by atoms with Crippen molar-refractivity contribution in [2.24, 2.45) is 0 Å². The predicted molar refractivity (Wildman–Crippen MR) is 96.2 cm³/mol. The molecule has 0 bridgehead atoms. The Labute approximate surface area is 135 Å². The van der Waals surface area contributed by atoms with Gasteiger partial charge in [-0.05, 0) is 60.0 Å². The van der Waals surface area contributed by atoms with Gasteiger partial charge in [0, 0.05) is 19.5 Å². The number of rotatable bonds is 5. The van der Waals surface area contributed by atoms with Gasteiger partial charge in [0.1, 0.15) is 0 Å². The van der Waals surface area contributed by atoms with Crippen LogP contribution in [0.1, 0.15) is 29.2 Å². The highest BCUT2D eigenvalue weighted by Crippen LogP contribution is 2.23. The molecule has 3 aromatic heterocycles. The summed E-state index contributed by atoms with van der Waals surface area (Å²) in [6.07, 6.45) is 9.31. The van der Waals surface area contributed by atoms with Crippen LogP contribution in [0.3, 0.4) is 0 Å². The van der Waals surface area contributed by atoms with Gasteiger partial charge in [-0.15, -0.1) is 34.0 Å². The van der Waals surface area contributed by atoms with Gasteiger partial charge in [0.15, 0.2) is 6.29 Å². The summed E-state index contributed by atoms with van der Waals surface area (Å²) in [5.74, 6) is 0. The first-order valence-electron chi connectivity index (χ1n) is 6.38. The zero-order valence-corrected chi connectivity index (χ0v) is 13.5. The average Bonchev–Trinajstić information content (AvgIpc) is 3.24. The normalized spacial score (nSPS) is 11.6. The van der Waals surface area contributed by atoms with Crippen LogP contribution < -0.4 is 0 Å². The largest absolute Gasteiger partial charge is 0.297 e. The maximum absolute atomic E-state index is 10.6. The van der Waals surface area contributed by atoms with E-state index in [1.807, 2.05) is 12.1 Å². The highest BCUT2D eigenvalue weighted by atomic mass is 32.1. The monoisotopic (exact) mass is 328 g/mol. The summed E-state index contributed by atoms with van der Waals surface area (Å²) in [6.45, 7) is 0. The summed E-state index contributed by atoms with van der Waals surface area (Å²) >= 11 is 4.99. The van der Waals surface area contributed by atoms with E-state index in [1.165, 1.54) is 26.0 Å². The Kier molecular flexibility index (Phi) is 4.60. The van der Waals surface area contributed by atoms with Crippen LogP contribution in [0.25, 0.3) is 24.3 Å². The molecule has 3 heterocycles. The molecule has 21 heavy (non-hydrogen) atoms. The summed E-state index contributed by atoms with van der Waals surface area (Å²) in [5, 5.41) is 2.08. The van der Waals surface area contributed by atoms with Crippen LogP contribution in [0.2, 0.25) is 0 Å². The molecule has 0 fully saturated rings. The van der Waals surface area contributed by atoms with E-state index in [0.717, 1.165) is 16.0 Å². The number of carbonyl (C=O) groups is 1. The Morgan fingerprint density at radius 2 is 1.19 bits per heavy atom. The number of hydrogen-bond donors (Lipinski definition) is 0. The number of aldehydes is 1. The van der Waals surface area contributed by atoms with Gasteiger partial charge in [0.2, 0.25) is 0 Å². The average molecular weight is 328 g/mol. The second-order valence-corrected chi connectivity index (χ2v) is 7.55. The Morgan fingerprint density at radius 1 is 0.667 bits per heavy atom. The van der Waals surface area contributed by atoms with Crippen molar-refractivity contribution in [3.8, 4) is 0 Å². The molecule has 0 unspecified atom stereocenters. The molecule has 0 aliphatic rings. The molecule has 0 saturated heterocycles. The minimum atomic E-state index is 0.764. The van der Waals surface area contributed by atoms with Crippen LogP contribution in [0.4, 0.5) is 0 Å². The molecule has 0 saturated carbocycles. The van der Waals surface area contributed by atoms with E-state index in [1.54, 1.807) is 22.7 Å². The Bertz CT molecular complexity index is 773. The maximum Gasteiger partial charge on any atom is 0.160 e. The van der Waals surface area contributed by atoms with Gasteiger partial charge in [0.25, 0.3) is 0 Å². The first-order chi connectivity index (χ1) is 10.3. The van der Waals surface area contributed by atoms with E-state index in [9.17, 15) is 4.79 Å². The lowest BCUT2D eigenvalue weighted by Crippen LogP contribution is -1.62. The fraction of sp³-hybridized carbons (Fsp3) is 0. The standard InChI is InChI=1S/C17H12OS3/c18-12-17-10-9-16(21-17)8-7-15-6-5-14(20-15)4-3-13-2-1-11-19-13/h1-12H/b4-3+,8-7+. The number of carbonyl (C=O) groups excluding carboxylic acids is 1. The van der Waals surface area contributed by atoms with Crippen LogP contribution in [0, 0.1) is 0 Å². The lowest BCUT2D eigenvalue weighted by molar-refractivity contribution is 0.112. The van der Waals surface area contributed by atoms with Gasteiger partial charge in [-0.2, -0.15) is 0 Å². The van der Waals surface area contributed by atoms with Gasteiger partial charge < -0.3 is 0 Å². The van der Waals surface area contributed by atoms with Gasteiger partial charge in [-0.3, -0.25) is 4.79 Å². The summed E-state index contributed by atoms with van der Waals surface area (Å²) in [4.78, 5) is 16.2. The molecule has 0 N–H and O–H groups in total. The van der Waals surface area contributed by atoms with Crippen LogP contribution >= 0.6 is 34.0 Å². The van der Waals surface area contributed by atoms with Gasteiger partial charge in [-0.25, -0.2) is 0 Å². The van der Waals surface area contributed by atoms with Crippen molar-refractivity contribution in [2.75, 3.05) is 0 Å². The van der Waals surface area contributed by atoms with Gasteiger partial charge in [-0.1, -0.05) is 6.07 Å². The zero-order valence-electron chi connectivity index (χ0n) is 11.1. The van der Waals surface area contributed by atoms with Crippen LogP contribution in [0.5, 0.6) is 0 Å². The van der Waals surface area contributed by atoms with Crippen molar-refractivity contribution in [3.05, 3.63) is 66.2 Å². The molecule has 0 aliphatic carbocycles. The Morgan fingerprint density at radius 3 is 1.67 bits per heavy atom. The van der Waals surface area contributed by atoms with E-state index in [-0.39, 0.29) is 0 Å². The third-order valence-corrected chi connectivity index (χ3v) is 5.61. The molecule has 0 spiro atoms. The van der Waals surface area contributed by atoms with Crippen LogP contribution in [-0.4, -0.2) is 6.29 Å². The molecule has 0 amide bonds. The Hall–Kier alpha value is -1.75. The summed E-state index contributed by atoms with van der Waals surface area (Å²) in [6, 6.07) is 12.2. The Balaban J connectivity index is 1.68.